The molecular formula is C22H28N2O5S. The van der Waals surface area contributed by atoms with Crippen LogP contribution < -0.4 is 10.1 Å². The van der Waals surface area contributed by atoms with Gasteiger partial charge in [0.05, 0.1) is 18.1 Å². The van der Waals surface area contributed by atoms with E-state index in [2.05, 4.69) is 5.32 Å². The van der Waals surface area contributed by atoms with Crippen molar-refractivity contribution in [2.75, 3.05) is 20.2 Å². The van der Waals surface area contributed by atoms with Crippen molar-refractivity contribution in [3.05, 3.63) is 59.7 Å². The highest BCUT2D eigenvalue weighted by molar-refractivity contribution is 7.89. The van der Waals surface area contributed by atoms with Gasteiger partial charge in [-0.1, -0.05) is 18.6 Å². The number of aliphatic hydroxyl groups is 1. The van der Waals surface area contributed by atoms with Crippen molar-refractivity contribution in [3.8, 4) is 5.75 Å². The van der Waals surface area contributed by atoms with E-state index in [1.54, 1.807) is 31.4 Å². The highest BCUT2D eigenvalue weighted by atomic mass is 32.2. The van der Waals surface area contributed by atoms with Gasteiger partial charge < -0.3 is 15.2 Å². The van der Waals surface area contributed by atoms with E-state index in [1.165, 1.54) is 28.6 Å². The summed E-state index contributed by atoms with van der Waals surface area (Å²) in [7, 11) is -2.01. The zero-order valence-electron chi connectivity index (χ0n) is 17.2. The highest BCUT2D eigenvalue weighted by Gasteiger charge is 2.30. The predicted molar refractivity (Wildman–Crippen MR) is 114 cm³/mol. The number of hydrogen-bond acceptors (Lipinski definition) is 5. The van der Waals surface area contributed by atoms with Gasteiger partial charge in [-0.05, 0) is 61.7 Å². The Morgan fingerprint density at radius 3 is 2.43 bits per heavy atom. The number of carbonyl (C=O) groups is 1. The highest BCUT2D eigenvalue weighted by Crippen LogP contribution is 2.25. The third-order valence-corrected chi connectivity index (χ3v) is 7.45. The normalized spacial score (nSPS) is 18.6. The first kappa shape index (κ1) is 22.3. The van der Waals surface area contributed by atoms with Crippen LogP contribution >= 0.6 is 0 Å². The van der Waals surface area contributed by atoms with Crippen LogP contribution in [0.15, 0.2) is 53.4 Å². The Morgan fingerprint density at radius 1 is 1.17 bits per heavy atom. The Bertz CT molecular complexity index is 958. The van der Waals surface area contributed by atoms with E-state index in [0.29, 0.717) is 23.4 Å². The van der Waals surface area contributed by atoms with E-state index < -0.39 is 16.1 Å². The smallest absolute Gasteiger partial charge is 0.251 e. The number of nitrogens with one attached hydrogen (secondary N) is 1. The van der Waals surface area contributed by atoms with Gasteiger partial charge in [-0.3, -0.25) is 4.79 Å². The Hall–Kier alpha value is -2.42. The molecule has 2 aromatic carbocycles. The summed E-state index contributed by atoms with van der Waals surface area (Å²) in [6.45, 7) is 2.48. The third kappa shape index (κ3) is 5.00. The van der Waals surface area contributed by atoms with Crippen molar-refractivity contribution in [3.63, 3.8) is 0 Å². The number of aliphatic hydroxyl groups excluding tert-OH is 1. The molecule has 0 radical (unpaired) electrons. The average molecular weight is 433 g/mol. The van der Waals surface area contributed by atoms with Gasteiger partial charge in [-0.15, -0.1) is 0 Å². The fourth-order valence-electron chi connectivity index (χ4n) is 3.58. The molecule has 2 unspecified atom stereocenters. The summed E-state index contributed by atoms with van der Waals surface area (Å²) in [6, 6.07) is 12.8. The number of amides is 1. The maximum absolute atomic E-state index is 12.9. The van der Waals surface area contributed by atoms with E-state index in [1.807, 2.05) is 6.92 Å². The summed E-state index contributed by atoms with van der Waals surface area (Å²) >= 11 is 0. The van der Waals surface area contributed by atoms with Crippen LogP contribution in [0.3, 0.4) is 0 Å². The number of piperidine rings is 1. The van der Waals surface area contributed by atoms with E-state index in [0.717, 1.165) is 19.3 Å². The summed E-state index contributed by atoms with van der Waals surface area (Å²) in [5, 5.41) is 12.9. The van der Waals surface area contributed by atoms with Gasteiger partial charge in [0, 0.05) is 24.7 Å². The number of hydrogen-bond donors (Lipinski definition) is 2. The zero-order valence-corrected chi connectivity index (χ0v) is 18.1. The molecule has 0 spiro atoms. The molecule has 1 aliphatic heterocycles. The minimum absolute atomic E-state index is 0.0221. The van der Waals surface area contributed by atoms with Gasteiger partial charge in [-0.2, -0.15) is 4.31 Å². The molecule has 2 atom stereocenters. The topological polar surface area (TPSA) is 95.9 Å². The largest absolute Gasteiger partial charge is 0.497 e. The first-order valence-electron chi connectivity index (χ1n) is 10.0. The average Bonchev–Trinajstić information content (AvgIpc) is 2.77. The van der Waals surface area contributed by atoms with Gasteiger partial charge in [-0.25, -0.2) is 8.42 Å². The molecule has 0 aromatic heterocycles. The molecule has 0 saturated carbocycles. The Morgan fingerprint density at radius 2 is 1.83 bits per heavy atom. The maximum Gasteiger partial charge on any atom is 0.251 e. The number of nitrogens with zero attached hydrogens (tertiary/aromatic N) is 1. The molecule has 1 fully saturated rings. The van der Waals surface area contributed by atoms with E-state index in [-0.39, 0.29) is 23.4 Å². The summed E-state index contributed by atoms with van der Waals surface area (Å²) in [4.78, 5) is 12.6. The van der Waals surface area contributed by atoms with Crippen LogP contribution in [0.2, 0.25) is 0 Å². The minimum atomic E-state index is -3.57. The van der Waals surface area contributed by atoms with E-state index >= 15 is 0 Å². The van der Waals surface area contributed by atoms with Crippen LogP contribution in [0.4, 0.5) is 0 Å². The van der Waals surface area contributed by atoms with Crippen molar-refractivity contribution < 1.29 is 23.1 Å². The second-order valence-electron chi connectivity index (χ2n) is 7.48. The Labute approximate surface area is 177 Å². The first-order chi connectivity index (χ1) is 14.3. The molecule has 8 heteroatoms. The summed E-state index contributed by atoms with van der Waals surface area (Å²) in [5.41, 5.74) is 0.996. The molecule has 1 heterocycles. The third-order valence-electron chi connectivity index (χ3n) is 5.42. The summed E-state index contributed by atoms with van der Waals surface area (Å²) in [5.74, 6) is 0.307. The number of methoxy groups -OCH3 is 1. The molecule has 2 aromatic rings. The first-order valence-corrected chi connectivity index (χ1v) is 11.5. The molecule has 7 nitrogen and oxygen atoms in total. The standard InChI is InChI=1S/C22H28N2O5S/c1-16-5-3-4-14-24(16)30(27,28)20-12-8-18(9-13-20)22(26)23-15-21(25)17-6-10-19(29-2)11-7-17/h6-13,16,21,25H,3-5,14-15H2,1-2H3,(H,23,26). The van der Waals surface area contributed by atoms with Crippen molar-refractivity contribution in [1.82, 2.24) is 9.62 Å². The molecule has 1 saturated heterocycles. The van der Waals surface area contributed by atoms with Crippen LogP contribution in [0.1, 0.15) is 48.2 Å². The van der Waals surface area contributed by atoms with Crippen molar-refractivity contribution in [2.24, 2.45) is 0 Å². The van der Waals surface area contributed by atoms with Crippen molar-refractivity contribution in [2.45, 2.75) is 43.2 Å². The van der Waals surface area contributed by atoms with Crippen LogP contribution in [-0.2, 0) is 10.0 Å². The molecular weight excluding hydrogens is 404 g/mol. The number of rotatable bonds is 7. The van der Waals surface area contributed by atoms with Crippen LogP contribution in [0, 0.1) is 0 Å². The number of sulfonamides is 1. The molecule has 1 aliphatic rings. The maximum atomic E-state index is 12.9. The van der Waals surface area contributed by atoms with Gasteiger partial charge in [0.25, 0.3) is 5.91 Å². The predicted octanol–water partition coefficient (Wildman–Crippen LogP) is 2.72. The lowest BCUT2D eigenvalue weighted by molar-refractivity contribution is 0.0916. The molecule has 1 amide bonds. The van der Waals surface area contributed by atoms with Crippen LogP contribution in [0.5, 0.6) is 5.75 Å². The molecule has 3 rings (SSSR count). The fraction of sp³-hybridized carbons (Fsp3) is 0.409. The van der Waals surface area contributed by atoms with E-state index in [4.69, 9.17) is 4.74 Å². The monoisotopic (exact) mass is 432 g/mol. The molecule has 162 valence electrons. The summed E-state index contributed by atoms with van der Waals surface area (Å²) < 4.78 is 32.4. The van der Waals surface area contributed by atoms with Gasteiger partial charge in [0.1, 0.15) is 5.75 Å². The minimum Gasteiger partial charge on any atom is -0.497 e. The van der Waals surface area contributed by atoms with Gasteiger partial charge in [0.2, 0.25) is 10.0 Å². The van der Waals surface area contributed by atoms with Gasteiger partial charge in [0.15, 0.2) is 0 Å². The van der Waals surface area contributed by atoms with Crippen molar-refractivity contribution >= 4 is 15.9 Å². The van der Waals surface area contributed by atoms with Crippen LogP contribution in [-0.4, -0.2) is 50.0 Å². The lowest BCUT2D eigenvalue weighted by Gasteiger charge is -2.32. The zero-order chi connectivity index (χ0) is 21.7. The van der Waals surface area contributed by atoms with Gasteiger partial charge >= 0.3 is 0 Å². The lowest BCUT2D eigenvalue weighted by atomic mass is 10.1. The van der Waals surface area contributed by atoms with Crippen molar-refractivity contribution in [1.29, 1.82) is 0 Å². The lowest BCUT2D eigenvalue weighted by Crippen LogP contribution is -2.41. The Balaban J connectivity index is 1.61. The molecule has 30 heavy (non-hydrogen) atoms. The van der Waals surface area contributed by atoms with E-state index in [9.17, 15) is 18.3 Å². The number of benzene rings is 2. The molecule has 2 N–H and O–H groups in total. The Kier molecular flexibility index (Phi) is 7.12. The SMILES string of the molecule is COc1ccc(C(O)CNC(=O)c2ccc(S(=O)(=O)N3CCCCC3C)cc2)cc1. The molecule has 0 aliphatic carbocycles. The summed E-state index contributed by atoms with van der Waals surface area (Å²) in [6.07, 6.45) is 1.89. The fourth-order valence-corrected chi connectivity index (χ4v) is 5.28. The second-order valence-corrected chi connectivity index (χ2v) is 9.37. The van der Waals surface area contributed by atoms with Crippen LogP contribution in [0.25, 0.3) is 0 Å². The molecule has 0 bridgehead atoms. The quantitative estimate of drug-likeness (QED) is 0.701. The number of carbonyl (C=O) groups excluding carboxylic acids is 1. The second kappa shape index (κ2) is 9.59. The number of ether oxygens (including phenoxy) is 1.